The number of hydrogen-bond donors (Lipinski definition) is 3. The Labute approximate surface area is 115 Å². The van der Waals surface area contributed by atoms with E-state index in [1.807, 2.05) is 26.8 Å². The van der Waals surface area contributed by atoms with Crippen molar-refractivity contribution in [1.82, 2.24) is 10.6 Å². The third kappa shape index (κ3) is 3.88. The second kappa shape index (κ2) is 5.51. The smallest absolute Gasteiger partial charge is 0.315 e. The van der Waals surface area contributed by atoms with Crippen LogP contribution in [0.25, 0.3) is 0 Å². The molecule has 0 bridgehead atoms. The topological polar surface area (TPSA) is 53.2 Å². The first kappa shape index (κ1) is 13.7. The van der Waals surface area contributed by atoms with Gasteiger partial charge < -0.3 is 16.0 Å². The van der Waals surface area contributed by atoms with E-state index >= 15 is 0 Å². The molecule has 0 fully saturated rings. The van der Waals surface area contributed by atoms with E-state index in [0.29, 0.717) is 6.54 Å². The molecule has 1 aliphatic heterocycles. The van der Waals surface area contributed by atoms with Gasteiger partial charge >= 0.3 is 6.03 Å². The van der Waals surface area contributed by atoms with Crippen LogP contribution < -0.4 is 16.0 Å². The summed E-state index contributed by atoms with van der Waals surface area (Å²) in [4.78, 5) is 11.8. The fraction of sp³-hybridized carbons (Fsp3) is 0.533. The van der Waals surface area contributed by atoms with Crippen molar-refractivity contribution in [1.29, 1.82) is 0 Å². The van der Waals surface area contributed by atoms with Gasteiger partial charge in [-0.1, -0.05) is 12.1 Å². The van der Waals surface area contributed by atoms with Crippen LogP contribution in [0.5, 0.6) is 0 Å². The van der Waals surface area contributed by atoms with E-state index in [-0.39, 0.29) is 11.6 Å². The Morgan fingerprint density at radius 3 is 2.89 bits per heavy atom. The highest BCUT2D eigenvalue weighted by atomic mass is 16.2. The Hall–Kier alpha value is -1.71. The largest absolute Gasteiger partial charge is 0.385 e. The minimum absolute atomic E-state index is 0.117. The van der Waals surface area contributed by atoms with Crippen LogP contribution in [0.3, 0.4) is 0 Å². The molecule has 0 saturated carbocycles. The maximum atomic E-state index is 11.8. The fourth-order valence-electron chi connectivity index (χ4n) is 2.31. The number of rotatable bonds is 2. The van der Waals surface area contributed by atoms with E-state index in [0.717, 1.165) is 19.4 Å². The second-order valence-corrected chi connectivity index (χ2v) is 6.03. The molecule has 0 aliphatic carbocycles. The fourth-order valence-corrected chi connectivity index (χ4v) is 2.31. The molecule has 0 radical (unpaired) electrons. The van der Waals surface area contributed by atoms with E-state index < -0.39 is 0 Å². The summed E-state index contributed by atoms with van der Waals surface area (Å²) in [5.41, 5.74) is 3.54. The van der Waals surface area contributed by atoms with Crippen molar-refractivity contribution in [3.05, 3.63) is 29.3 Å². The molecule has 1 heterocycles. The number of fused-ring (bicyclic) bond motifs is 1. The van der Waals surface area contributed by atoms with Gasteiger partial charge in [0.15, 0.2) is 0 Å². The van der Waals surface area contributed by atoms with Gasteiger partial charge in [-0.2, -0.15) is 0 Å². The van der Waals surface area contributed by atoms with E-state index in [1.165, 1.54) is 16.8 Å². The van der Waals surface area contributed by atoms with E-state index in [1.54, 1.807) is 0 Å². The lowest BCUT2D eigenvalue weighted by atomic mass is 9.97. The lowest BCUT2D eigenvalue weighted by Gasteiger charge is -2.23. The predicted octanol–water partition coefficient (Wildman–Crippen LogP) is 2.64. The Kier molecular flexibility index (Phi) is 3.98. The molecule has 2 amide bonds. The van der Waals surface area contributed by atoms with E-state index in [9.17, 15) is 4.79 Å². The third-order valence-corrected chi connectivity index (χ3v) is 3.12. The van der Waals surface area contributed by atoms with Crippen molar-refractivity contribution >= 4 is 11.7 Å². The first-order chi connectivity index (χ1) is 8.96. The summed E-state index contributed by atoms with van der Waals surface area (Å²) in [6.07, 6.45) is 2.24. The van der Waals surface area contributed by atoms with E-state index in [4.69, 9.17) is 0 Å². The molecule has 0 unspecified atom stereocenters. The molecule has 4 nitrogen and oxygen atoms in total. The predicted molar refractivity (Wildman–Crippen MR) is 78.4 cm³/mol. The van der Waals surface area contributed by atoms with Crippen molar-refractivity contribution in [2.75, 3.05) is 11.9 Å². The minimum atomic E-state index is -0.207. The number of benzene rings is 1. The lowest BCUT2D eigenvalue weighted by molar-refractivity contribution is 0.231. The van der Waals surface area contributed by atoms with Crippen LogP contribution in [0.4, 0.5) is 10.5 Å². The number of nitrogens with one attached hydrogen (secondary N) is 3. The van der Waals surface area contributed by atoms with Crippen molar-refractivity contribution < 1.29 is 4.79 Å². The first-order valence-electron chi connectivity index (χ1n) is 6.86. The van der Waals surface area contributed by atoms with Crippen molar-refractivity contribution in [2.24, 2.45) is 0 Å². The van der Waals surface area contributed by atoms with Gasteiger partial charge in [0.05, 0.1) is 0 Å². The van der Waals surface area contributed by atoms with E-state index in [2.05, 4.69) is 28.1 Å². The molecule has 0 saturated heterocycles. The molecule has 19 heavy (non-hydrogen) atoms. The number of carbonyl (C=O) groups excluding carboxylic acids is 1. The quantitative estimate of drug-likeness (QED) is 0.766. The third-order valence-electron chi connectivity index (χ3n) is 3.12. The summed E-state index contributed by atoms with van der Waals surface area (Å²) >= 11 is 0. The molecule has 104 valence electrons. The van der Waals surface area contributed by atoms with Crippen molar-refractivity contribution in [3.8, 4) is 0 Å². The van der Waals surface area contributed by atoms with Gasteiger partial charge in [0.1, 0.15) is 0 Å². The monoisotopic (exact) mass is 261 g/mol. The molecule has 1 aromatic rings. The van der Waals surface area contributed by atoms with Crippen LogP contribution in [0.2, 0.25) is 0 Å². The van der Waals surface area contributed by atoms with Crippen LogP contribution in [0.1, 0.15) is 38.3 Å². The molecule has 1 aliphatic rings. The average Bonchev–Trinajstić information content (AvgIpc) is 2.34. The Balaban J connectivity index is 1.98. The molecule has 0 spiro atoms. The minimum Gasteiger partial charge on any atom is -0.385 e. The summed E-state index contributed by atoms with van der Waals surface area (Å²) in [5, 5.41) is 9.23. The Bertz CT molecular complexity index is 463. The number of hydrogen-bond acceptors (Lipinski definition) is 2. The van der Waals surface area contributed by atoms with Gasteiger partial charge in [0.25, 0.3) is 0 Å². The highest BCUT2D eigenvalue weighted by Gasteiger charge is 2.15. The van der Waals surface area contributed by atoms with Crippen LogP contribution >= 0.6 is 0 Å². The van der Waals surface area contributed by atoms with Gasteiger partial charge in [0, 0.05) is 24.3 Å². The maximum absolute atomic E-state index is 11.8. The van der Waals surface area contributed by atoms with Crippen molar-refractivity contribution in [3.63, 3.8) is 0 Å². The molecular weight excluding hydrogens is 238 g/mol. The second-order valence-electron chi connectivity index (χ2n) is 6.03. The first-order valence-corrected chi connectivity index (χ1v) is 6.86. The SMILES string of the molecule is CC(C)(C)NC(=O)NCc1cccc2c1CCCN2. The number of urea groups is 1. The van der Waals surface area contributed by atoms with Gasteiger partial charge in [-0.15, -0.1) is 0 Å². The van der Waals surface area contributed by atoms with Crippen LogP contribution in [-0.2, 0) is 13.0 Å². The highest BCUT2D eigenvalue weighted by molar-refractivity contribution is 5.74. The van der Waals surface area contributed by atoms with Gasteiger partial charge in [-0.05, 0) is 50.8 Å². The normalized spacial score (nSPS) is 14.3. The zero-order valence-electron chi connectivity index (χ0n) is 12.0. The van der Waals surface area contributed by atoms with Gasteiger partial charge in [0.2, 0.25) is 0 Å². The van der Waals surface area contributed by atoms with Crippen molar-refractivity contribution in [2.45, 2.75) is 45.7 Å². The summed E-state index contributed by atoms with van der Waals surface area (Å²) in [6, 6.07) is 6.11. The van der Waals surface area contributed by atoms with Crippen LogP contribution in [0, 0.1) is 0 Å². The molecule has 2 rings (SSSR count). The van der Waals surface area contributed by atoms with Crippen LogP contribution in [-0.4, -0.2) is 18.1 Å². The molecule has 3 N–H and O–H groups in total. The number of anilines is 1. The average molecular weight is 261 g/mol. The standard InChI is InChI=1S/C15H23N3O/c1-15(2,3)18-14(19)17-10-11-6-4-8-13-12(11)7-5-9-16-13/h4,6,8,16H,5,7,9-10H2,1-3H3,(H2,17,18,19). The molecular formula is C15H23N3O. The molecule has 0 atom stereocenters. The lowest BCUT2D eigenvalue weighted by Crippen LogP contribution is -2.46. The summed E-state index contributed by atoms with van der Waals surface area (Å²) < 4.78 is 0. The zero-order valence-corrected chi connectivity index (χ0v) is 12.0. The summed E-state index contributed by atoms with van der Waals surface area (Å²) in [7, 11) is 0. The highest BCUT2D eigenvalue weighted by Crippen LogP contribution is 2.25. The summed E-state index contributed by atoms with van der Waals surface area (Å²) in [6.45, 7) is 7.53. The molecule has 1 aromatic carbocycles. The van der Waals surface area contributed by atoms with Gasteiger partial charge in [-0.25, -0.2) is 4.79 Å². The molecule has 4 heteroatoms. The van der Waals surface area contributed by atoms with Crippen LogP contribution in [0.15, 0.2) is 18.2 Å². The Morgan fingerprint density at radius 1 is 1.37 bits per heavy atom. The number of amides is 2. The van der Waals surface area contributed by atoms with Gasteiger partial charge in [-0.3, -0.25) is 0 Å². The summed E-state index contributed by atoms with van der Waals surface area (Å²) in [5.74, 6) is 0. The maximum Gasteiger partial charge on any atom is 0.315 e. The molecule has 0 aromatic heterocycles. The zero-order chi connectivity index (χ0) is 13.9. The number of carbonyl (C=O) groups is 1. The Morgan fingerprint density at radius 2 is 2.16 bits per heavy atom.